The van der Waals surface area contributed by atoms with E-state index in [9.17, 15) is 13.6 Å². The number of halogens is 2. The fourth-order valence-electron chi connectivity index (χ4n) is 3.68. The van der Waals surface area contributed by atoms with Gasteiger partial charge < -0.3 is 9.88 Å². The minimum absolute atomic E-state index is 0.109. The van der Waals surface area contributed by atoms with Gasteiger partial charge in [0.25, 0.3) is 12.3 Å². The number of anilines is 1. The van der Waals surface area contributed by atoms with Gasteiger partial charge in [0.2, 0.25) is 0 Å². The summed E-state index contributed by atoms with van der Waals surface area (Å²) < 4.78 is 30.6. The molecule has 0 unspecified atom stereocenters. The van der Waals surface area contributed by atoms with E-state index in [-0.39, 0.29) is 17.4 Å². The Kier molecular flexibility index (Phi) is 5.60. The Morgan fingerprint density at radius 2 is 2.03 bits per heavy atom. The van der Waals surface area contributed by atoms with Crippen molar-refractivity contribution in [3.05, 3.63) is 66.0 Å². The third kappa shape index (κ3) is 4.28. The van der Waals surface area contributed by atoms with Crippen molar-refractivity contribution in [1.82, 2.24) is 34.5 Å². The molecular weight excluding hydrogens is 442 g/mol. The Balaban J connectivity index is 1.43. The quantitative estimate of drug-likeness (QED) is 0.430. The Bertz CT molecular complexity index is 1340. The van der Waals surface area contributed by atoms with E-state index in [1.165, 1.54) is 17.1 Å². The van der Waals surface area contributed by atoms with E-state index in [0.29, 0.717) is 23.1 Å². The minimum atomic E-state index is -2.93. The van der Waals surface area contributed by atoms with Crippen molar-refractivity contribution in [2.45, 2.75) is 45.1 Å². The Hall–Kier alpha value is -4.02. The number of carbonyl (C=O) groups is 1. The van der Waals surface area contributed by atoms with Crippen molar-refractivity contribution >= 4 is 11.7 Å². The molecule has 1 N–H and O–H groups in total. The first-order valence-corrected chi connectivity index (χ1v) is 10.9. The van der Waals surface area contributed by atoms with Crippen molar-refractivity contribution in [3.8, 4) is 17.2 Å². The van der Waals surface area contributed by atoms with Gasteiger partial charge in [-0.1, -0.05) is 6.07 Å². The van der Waals surface area contributed by atoms with E-state index in [1.54, 1.807) is 30.7 Å². The summed E-state index contributed by atoms with van der Waals surface area (Å²) in [6.07, 6.45) is 5.44. The first-order chi connectivity index (χ1) is 16.4. The molecule has 1 aliphatic rings. The molecule has 11 heteroatoms. The van der Waals surface area contributed by atoms with E-state index >= 15 is 0 Å². The molecule has 34 heavy (non-hydrogen) atoms. The summed E-state index contributed by atoms with van der Waals surface area (Å²) in [4.78, 5) is 21.6. The number of nitrogens with zero attached hydrogens (tertiary/aromatic N) is 7. The molecule has 0 aromatic carbocycles. The topological polar surface area (TPSA) is 103 Å². The van der Waals surface area contributed by atoms with Crippen LogP contribution in [0, 0.1) is 0 Å². The molecule has 1 amide bonds. The number of pyridine rings is 2. The Morgan fingerprint density at radius 1 is 1.21 bits per heavy atom. The second kappa shape index (κ2) is 8.73. The number of aromatic nitrogens is 7. The van der Waals surface area contributed by atoms with Gasteiger partial charge in [-0.25, -0.2) is 18.4 Å². The highest BCUT2D eigenvalue weighted by atomic mass is 19.3. The van der Waals surface area contributed by atoms with Crippen molar-refractivity contribution in [3.63, 3.8) is 0 Å². The van der Waals surface area contributed by atoms with Crippen LogP contribution in [0.1, 0.15) is 66.7 Å². The highest BCUT2D eigenvalue weighted by Gasteiger charge is 2.26. The molecule has 5 rings (SSSR count). The van der Waals surface area contributed by atoms with Gasteiger partial charge in [-0.05, 0) is 56.4 Å². The van der Waals surface area contributed by atoms with Gasteiger partial charge in [0.1, 0.15) is 23.5 Å². The number of carbonyl (C=O) groups excluding carboxylic acids is 1. The number of rotatable bonds is 7. The van der Waals surface area contributed by atoms with Crippen molar-refractivity contribution in [2.24, 2.45) is 0 Å². The van der Waals surface area contributed by atoms with Gasteiger partial charge in [0.15, 0.2) is 5.82 Å². The van der Waals surface area contributed by atoms with E-state index in [0.717, 1.165) is 18.4 Å². The fraction of sp³-hybridized carbons (Fsp3) is 0.304. The lowest BCUT2D eigenvalue weighted by atomic mass is 10.2. The van der Waals surface area contributed by atoms with Crippen molar-refractivity contribution < 1.29 is 13.6 Å². The van der Waals surface area contributed by atoms with Crippen molar-refractivity contribution in [2.75, 3.05) is 5.32 Å². The third-order valence-electron chi connectivity index (χ3n) is 5.60. The molecule has 0 bridgehead atoms. The van der Waals surface area contributed by atoms with Gasteiger partial charge in [-0.2, -0.15) is 5.10 Å². The first kappa shape index (κ1) is 21.8. The van der Waals surface area contributed by atoms with Gasteiger partial charge >= 0.3 is 0 Å². The Labute approximate surface area is 193 Å². The van der Waals surface area contributed by atoms with Gasteiger partial charge in [-0.3, -0.25) is 9.78 Å². The number of hydrogen-bond donors (Lipinski definition) is 1. The van der Waals surface area contributed by atoms with E-state index in [1.807, 2.05) is 24.5 Å². The monoisotopic (exact) mass is 464 g/mol. The highest BCUT2D eigenvalue weighted by Crippen LogP contribution is 2.40. The molecule has 4 aromatic rings. The predicted molar refractivity (Wildman–Crippen MR) is 120 cm³/mol. The van der Waals surface area contributed by atoms with Crippen LogP contribution in [0.2, 0.25) is 0 Å². The zero-order chi connectivity index (χ0) is 23.8. The largest absolute Gasteiger partial charge is 0.310 e. The normalized spacial score (nSPS) is 13.6. The second-order valence-corrected chi connectivity index (χ2v) is 8.44. The molecule has 9 nitrogen and oxygen atoms in total. The second-order valence-electron chi connectivity index (χ2n) is 8.44. The summed E-state index contributed by atoms with van der Waals surface area (Å²) in [6, 6.07) is 6.99. The maximum atomic E-state index is 13.7. The number of hydrogen-bond acceptors (Lipinski definition) is 6. The summed E-state index contributed by atoms with van der Waals surface area (Å²) in [5.41, 5.74) is 1.22. The van der Waals surface area contributed by atoms with Crippen LogP contribution in [0.5, 0.6) is 0 Å². The lowest BCUT2D eigenvalue weighted by molar-refractivity contribution is 0.101. The molecule has 1 fully saturated rings. The molecule has 0 spiro atoms. The predicted octanol–water partition coefficient (Wildman–Crippen LogP) is 4.57. The van der Waals surface area contributed by atoms with Crippen LogP contribution in [0.15, 0.2) is 49.2 Å². The maximum Gasteiger partial charge on any atom is 0.282 e. The van der Waals surface area contributed by atoms with Crippen LogP contribution in [-0.4, -0.2) is 40.4 Å². The smallest absolute Gasteiger partial charge is 0.282 e. The van der Waals surface area contributed by atoms with Crippen LogP contribution in [0.3, 0.4) is 0 Å². The average molecular weight is 464 g/mol. The molecule has 0 aliphatic heterocycles. The molecule has 4 aromatic heterocycles. The summed E-state index contributed by atoms with van der Waals surface area (Å²) in [7, 11) is 0. The SMILES string of the molecule is CC(C)n1cnnc1-c1cccc(NC(=O)c2cn(-c3cncc(C4CC4)c3)nc2C(F)F)n1. The van der Waals surface area contributed by atoms with E-state index in [4.69, 9.17) is 0 Å². The summed E-state index contributed by atoms with van der Waals surface area (Å²) in [5.74, 6) is 0.449. The van der Waals surface area contributed by atoms with Crippen LogP contribution >= 0.6 is 0 Å². The van der Waals surface area contributed by atoms with Gasteiger partial charge in [0.05, 0.1) is 17.4 Å². The number of amides is 1. The fourth-order valence-corrected chi connectivity index (χ4v) is 3.68. The van der Waals surface area contributed by atoms with E-state index in [2.05, 4.69) is 30.6 Å². The molecule has 0 radical (unpaired) electrons. The molecule has 174 valence electrons. The van der Waals surface area contributed by atoms with Crippen LogP contribution in [0.25, 0.3) is 17.2 Å². The van der Waals surface area contributed by atoms with Crippen LogP contribution in [0.4, 0.5) is 14.6 Å². The van der Waals surface area contributed by atoms with Gasteiger partial charge in [0, 0.05) is 18.4 Å². The molecular formula is C23H22F2N8O. The summed E-state index contributed by atoms with van der Waals surface area (Å²) in [5, 5.41) is 14.6. The molecule has 1 saturated carbocycles. The number of alkyl halides is 2. The molecule has 0 atom stereocenters. The standard InChI is InChI=1S/C23H22F2N8O/c1-13(2)32-12-27-30-22(32)18-4-3-5-19(28-18)29-23(34)17-11-33(31-20(17)21(24)25)16-8-15(9-26-10-16)14-6-7-14/h3-5,8-14,21H,6-7H2,1-2H3,(H,28,29,34). The lowest BCUT2D eigenvalue weighted by Crippen LogP contribution is -2.15. The molecule has 1 aliphatic carbocycles. The third-order valence-corrected chi connectivity index (χ3v) is 5.60. The zero-order valence-electron chi connectivity index (χ0n) is 18.6. The molecule has 4 heterocycles. The van der Waals surface area contributed by atoms with Crippen LogP contribution < -0.4 is 5.32 Å². The van der Waals surface area contributed by atoms with Gasteiger partial charge in [-0.15, -0.1) is 10.2 Å². The Morgan fingerprint density at radius 3 is 2.76 bits per heavy atom. The van der Waals surface area contributed by atoms with Crippen LogP contribution in [-0.2, 0) is 0 Å². The summed E-state index contributed by atoms with van der Waals surface area (Å²) >= 11 is 0. The average Bonchev–Trinajstić information content (AvgIpc) is 3.37. The van der Waals surface area contributed by atoms with E-state index < -0.39 is 18.0 Å². The number of nitrogens with one attached hydrogen (secondary N) is 1. The lowest BCUT2D eigenvalue weighted by Gasteiger charge is -2.10. The molecule has 0 saturated heterocycles. The maximum absolute atomic E-state index is 13.7. The van der Waals surface area contributed by atoms with Crippen molar-refractivity contribution in [1.29, 1.82) is 0 Å². The summed E-state index contributed by atoms with van der Waals surface area (Å²) in [6.45, 7) is 3.97. The first-order valence-electron chi connectivity index (χ1n) is 10.9. The minimum Gasteiger partial charge on any atom is -0.310 e. The highest BCUT2D eigenvalue weighted by molar-refractivity contribution is 6.04. The zero-order valence-corrected chi connectivity index (χ0v) is 18.6.